The maximum absolute atomic E-state index is 12.0. The number of benzene rings is 2. The highest BCUT2D eigenvalue weighted by Crippen LogP contribution is 2.32. The number of nitrogens with one attached hydrogen (secondary N) is 1. The summed E-state index contributed by atoms with van der Waals surface area (Å²) in [6.45, 7) is 3.80. The number of hydrogen-bond donors (Lipinski definition) is 4. The van der Waals surface area contributed by atoms with E-state index >= 15 is 0 Å². The molecule has 0 atom stereocenters. The third-order valence-corrected chi connectivity index (χ3v) is 8.29. The van der Waals surface area contributed by atoms with E-state index in [1.807, 2.05) is 12.1 Å². The number of phenols is 2. The summed E-state index contributed by atoms with van der Waals surface area (Å²) in [7, 11) is 0. The number of amides is 3. The predicted octanol–water partition coefficient (Wildman–Crippen LogP) is 3.81. The number of imidazole rings is 1. The maximum atomic E-state index is 12.0. The van der Waals surface area contributed by atoms with Crippen molar-refractivity contribution in [3.8, 4) is 11.5 Å². The third-order valence-electron chi connectivity index (χ3n) is 8.29. The molecule has 5 rings (SSSR count). The van der Waals surface area contributed by atoms with Crippen LogP contribution in [0.5, 0.6) is 11.5 Å². The number of hydrogen-bond acceptors (Lipinski definition) is 11. The number of rotatable bonds is 17. The fourth-order valence-electron chi connectivity index (χ4n) is 5.72. The number of fused-ring (bicyclic) bond motifs is 3. The molecule has 0 spiro atoms. The van der Waals surface area contributed by atoms with E-state index in [2.05, 4.69) is 27.9 Å². The van der Waals surface area contributed by atoms with Crippen molar-refractivity contribution >= 4 is 51.4 Å². The molecule has 0 aliphatic carbocycles. The topological polar surface area (TPSA) is 199 Å². The molecule has 0 bridgehead atoms. The second-order valence-electron chi connectivity index (χ2n) is 12.0. The summed E-state index contributed by atoms with van der Waals surface area (Å²) in [4.78, 5) is 61.2. The van der Waals surface area contributed by atoms with E-state index in [9.17, 15) is 29.4 Å². The molecule has 0 saturated carbocycles. The number of aromatic nitrogens is 3. The summed E-state index contributed by atoms with van der Waals surface area (Å²) in [5.41, 5.74) is 10.3. The van der Waals surface area contributed by atoms with Crippen molar-refractivity contribution in [2.45, 2.75) is 77.7 Å². The summed E-state index contributed by atoms with van der Waals surface area (Å²) in [6, 6.07) is 10.6. The average molecular weight is 675 g/mol. The van der Waals surface area contributed by atoms with Crippen LogP contribution in [-0.2, 0) is 48.1 Å². The van der Waals surface area contributed by atoms with Crippen molar-refractivity contribution in [2.24, 2.45) is 0 Å². The second-order valence-corrected chi connectivity index (χ2v) is 12.0. The van der Waals surface area contributed by atoms with Gasteiger partial charge in [-0.25, -0.2) is 14.8 Å². The lowest BCUT2D eigenvalue weighted by molar-refractivity contribution is -0.197. The number of nitrogens with zero attached hydrogens (tertiary/aromatic N) is 4. The molecular weight excluding hydrogens is 632 g/mol. The summed E-state index contributed by atoms with van der Waals surface area (Å²) >= 11 is 0. The van der Waals surface area contributed by atoms with Crippen LogP contribution in [0.4, 0.5) is 5.82 Å². The molecule has 1 fully saturated rings. The Morgan fingerprint density at radius 2 is 1.73 bits per heavy atom. The summed E-state index contributed by atoms with van der Waals surface area (Å²) in [6.07, 6.45) is 4.47. The fourth-order valence-corrected chi connectivity index (χ4v) is 5.72. The molecule has 5 N–H and O–H groups in total. The van der Waals surface area contributed by atoms with Crippen LogP contribution in [0.3, 0.4) is 0 Å². The Labute approximate surface area is 283 Å². The minimum absolute atomic E-state index is 0.0136. The Morgan fingerprint density at radius 3 is 2.51 bits per heavy atom. The number of ether oxygens (including phenoxy) is 1. The molecule has 2 aromatic carbocycles. The fraction of sp³-hybridized carbons (Fsp3) is 0.429. The largest absolute Gasteiger partial charge is 0.508 e. The van der Waals surface area contributed by atoms with Crippen molar-refractivity contribution in [3.63, 3.8) is 0 Å². The van der Waals surface area contributed by atoms with Gasteiger partial charge in [-0.05, 0) is 55.5 Å². The van der Waals surface area contributed by atoms with E-state index in [1.165, 1.54) is 12.1 Å². The molecule has 260 valence electrons. The molecule has 4 aromatic rings. The van der Waals surface area contributed by atoms with Crippen LogP contribution in [0, 0.1) is 0 Å². The molecule has 3 amide bonds. The number of aryl methyl sites for hydroxylation is 2. The molecule has 1 aliphatic heterocycles. The van der Waals surface area contributed by atoms with Crippen molar-refractivity contribution in [1.29, 1.82) is 0 Å². The van der Waals surface area contributed by atoms with Gasteiger partial charge < -0.3 is 35.4 Å². The van der Waals surface area contributed by atoms with Gasteiger partial charge in [0, 0.05) is 56.4 Å². The second kappa shape index (κ2) is 16.2. The monoisotopic (exact) mass is 674 g/mol. The number of carbonyl (C=O) groups excluding carboxylic acids is 4. The number of imide groups is 1. The van der Waals surface area contributed by atoms with E-state index in [0.717, 1.165) is 59.9 Å². The molecule has 0 radical (unpaired) electrons. The third kappa shape index (κ3) is 8.82. The highest BCUT2D eigenvalue weighted by Gasteiger charge is 2.32. The SMILES string of the molecule is CCCCc1nc2c(N)nc3cc(CCCOCCCNC(=O)CCC(=O)ON4C(=O)CCC4=O)ccc3c2n1Cc1cc(O)ccc1O. The van der Waals surface area contributed by atoms with Crippen LogP contribution in [0.1, 0.15) is 75.2 Å². The number of hydroxylamine groups is 2. The Morgan fingerprint density at radius 1 is 0.959 bits per heavy atom. The number of nitrogen functional groups attached to an aromatic ring is 1. The quantitative estimate of drug-likeness (QED) is 0.0721. The van der Waals surface area contributed by atoms with Crippen molar-refractivity contribution < 1.29 is 39.0 Å². The lowest BCUT2D eigenvalue weighted by atomic mass is 10.1. The molecule has 2 aromatic heterocycles. The van der Waals surface area contributed by atoms with E-state index in [0.29, 0.717) is 54.7 Å². The maximum Gasteiger partial charge on any atom is 0.333 e. The van der Waals surface area contributed by atoms with E-state index in [4.69, 9.17) is 20.3 Å². The highest BCUT2D eigenvalue weighted by atomic mass is 16.7. The van der Waals surface area contributed by atoms with Gasteiger partial charge in [-0.1, -0.05) is 25.5 Å². The van der Waals surface area contributed by atoms with Crippen molar-refractivity contribution in [3.05, 3.63) is 53.3 Å². The van der Waals surface area contributed by atoms with Gasteiger partial charge in [-0.3, -0.25) is 14.4 Å². The molecule has 14 nitrogen and oxygen atoms in total. The number of anilines is 1. The van der Waals surface area contributed by atoms with Crippen molar-refractivity contribution in [2.75, 3.05) is 25.5 Å². The molecule has 1 saturated heterocycles. The summed E-state index contributed by atoms with van der Waals surface area (Å²) < 4.78 is 7.80. The van der Waals surface area contributed by atoms with Crippen LogP contribution < -0.4 is 11.1 Å². The normalized spacial score (nSPS) is 13.1. The van der Waals surface area contributed by atoms with Gasteiger partial charge in [-0.15, -0.1) is 5.06 Å². The zero-order valence-electron chi connectivity index (χ0n) is 27.6. The first kappa shape index (κ1) is 35.1. The molecular formula is C35H42N6O8. The first-order chi connectivity index (χ1) is 23.6. The summed E-state index contributed by atoms with van der Waals surface area (Å²) in [5.74, 6) is -0.922. The van der Waals surface area contributed by atoms with Gasteiger partial charge in [0.05, 0.1) is 24.0 Å². The highest BCUT2D eigenvalue weighted by molar-refractivity contribution is 6.07. The molecule has 0 unspecified atom stereocenters. The van der Waals surface area contributed by atoms with Crippen LogP contribution in [0.25, 0.3) is 21.9 Å². The van der Waals surface area contributed by atoms with Crippen LogP contribution in [0.2, 0.25) is 0 Å². The Hall–Kier alpha value is -5.24. The van der Waals surface area contributed by atoms with Crippen LogP contribution in [-0.4, -0.2) is 73.3 Å². The van der Waals surface area contributed by atoms with Crippen LogP contribution >= 0.6 is 0 Å². The van der Waals surface area contributed by atoms with E-state index < -0.39 is 17.8 Å². The number of pyridine rings is 1. The predicted molar refractivity (Wildman–Crippen MR) is 180 cm³/mol. The van der Waals surface area contributed by atoms with Gasteiger partial charge >= 0.3 is 5.97 Å². The lowest BCUT2D eigenvalue weighted by Crippen LogP contribution is -2.32. The van der Waals surface area contributed by atoms with Gasteiger partial charge in [0.2, 0.25) is 5.91 Å². The Balaban J connectivity index is 1.10. The first-order valence-corrected chi connectivity index (χ1v) is 16.6. The van der Waals surface area contributed by atoms with Gasteiger partial charge in [0.15, 0.2) is 5.82 Å². The Kier molecular flexibility index (Phi) is 11.6. The minimum atomic E-state index is -0.810. The number of phenolic OH excluding ortho intramolecular Hbond substituents is 2. The van der Waals surface area contributed by atoms with Gasteiger partial charge in [-0.2, -0.15) is 0 Å². The molecule has 1 aliphatic rings. The summed E-state index contributed by atoms with van der Waals surface area (Å²) in [5, 5.41) is 24.6. The number of nitrogens with two attached hydrogens (primary N) is 1. The van der Waals surface area contributed by atoms with E-state index in [1.54, 1.807) is 6.07 Å². The minimum Gasteiger partial charge on any atom is -0.508 e. The lowest BCUT2D eigenvalue weighted by Gasteiger charge is -2.13. The zero-order chi connectivity index (χ0) is 34.9. The number of unbranched alkanes of at least 4 members (excludes halogenated alkanes) is 1. The number of aromatic hydroxyl groups is 2. The first-order valence-electron chi connectivity index (χ1n) is 16.6. The van der Waals surface area contributed by atoms with Gasteiger partial charge in [0.1, 0.15) is 22.8 Å². The molecule has 14 heteroatoms. The average Bonchev–Trinajstić information content (AvgIpc) is 3.60. The van der Waals surface area contributed by atoms with Crippen LogP contribution in [0.15, 0.2) is 36.4 Å². The number of carbonyl (C=O) groups is 4. The molecule has 49 heavy (non-hydrogen) atoms. The van der Waals surface area contributed by atoms with E-state index in [-0.39, 0.29) is 43.1 Å². The van der Waals surface area contributed by atoms with Crippen molar-refractivity contribution in [1.82, 2.24) is 24.9 Å². The van der Waals surface area contributed by atoms with Gasteiger partial charge in [0.25, 0.3) is 11.8 Å². The standard InChI is InChI=1S/C35H42N6O8/c1-2-3-7-28-39-33-34(40(28)21-23-20-24(42)9-11-27(23)43)25-10-8-22(19-26(25)38-35(33)36)6-4-17-48-18-5-16-37-29(44)12-15-32(47)49-41-30(45)13-14-31(41)46/h8-11,19-20,42-43H,2-7,12-18,21H2,1H3,(H2,36,38)(H,37,44). The smallest absolute Gasteiger partial charge is 0.333 e. The molecule has 3 heterocycles. The Bertz CT molecular complexity index is 1840. The zero-order valence-corrected chi connectivity index (χ0v) is 27.6.